The number of rotatable bonds is 7. The van der Waals surface area contributed by atoms with Crippen molar-refractivity contribution in [3.63, 3.8) is 0 Å². The summed E-state index contributed by atoms with van der Waals surface area (Å²) in [5.74, 6) is -0.323. The number of carbonyl (C=O) groups is 1. The van der Waals surface area contributed by atoms with Gasteiger partial charge in [-0.15, -0.1) is 0 Å². The fourth-order valence-corrected chi connectivity index (χ4v) is 7.06. The van der Waals surface area contributed by atoms with Gasteiger partial charge in [-0.2, -0.15) is 11.3 Å². The number of hydrogen-bond acceptors (Lipinski definition) is 7. The third-order valence-electron chi connectivity index (χ3n) is 8.40. The van der Waals surface area contributed by atoms with Gasteiger partial charge in [-0.05, 0) is 66.5 Å². The normalized spacial score (nSPS) is 17.0. The summed E-state index contributed by atoms with van der Waals surface area (Å²) in [7, 11) is 0. The first-order chi connectivity index (χ1) is 20.5. The van der Waals surface area contributed by atoms with E-state index in [9.17, 15) is 9.59 Å². The lowest BCUT2D eigenvalue weighted by Gasteiger charge is -2.37. The molecule has 11 heteroatoms. The number of piperazine rings is 1. The highest BCUT2D eigenvalue weighted by Crippen LogP contribution is 2.47. The summed E-state index contributed by atoms with van der Waals surface area (Å²) in [5.41, 5.74) is 2.11. The number of anilines is 1. The van der Waals surface area contributed by atoms with Gasteiger partial charge in [0.05, 0.1) is 11.1 Å². The Morgan fingerprint density at radius 1 is 1.05 bits per heavy atom. The van der Waals surface area contributed by atoms with Crippen LogP contribution in [0.1, 0.15) is 28.8 Å². The molecule has 0 bridgehead atoms. The van der Waals surface area contributed by atoms with Crippen molar-refractivity contribution in [2.75, 3.05) is 57.3 Å². The first-order valence-electron chi connectivity index (χ1n) is 14.3. The fraction of sp³-hybridized carbons (Fsp3) is 0.355. The smallest absolute Gasteiger partial charge is 0.256 e. The quantitative estimate of drug-likeness (QED) is 0.278. The van der Waals surface area contributed by atoms with Gasteiger partial charge in [0.25, 0.3) is 5.91 Å². The van der Waals surface area contributed by atoms with E-state index in [1.54, 1.807) is 40.3 Å². The molecule has 0 saturated carbocycles. The van der Waals surface area contributed by atoms with E-state index < -0.39 is 17.2 Å². The van der Waals surface area contributed by atoms with Crippen LogP contribution < -0.4 is 20.4 Å². The zero-order valence-corrected chi connectivity index (χ0v) is 24.6. The van der Waals surface area contributed by atoms with Crippen molar-refractivity contribution in [1.82, 2.24) is 19.7 Å². The van der Waals surface area contributed by atoms with Crippen LogP contribution >= 0.6 is 22.9 Å². The van der Waals surface area contributed by atoms with E-state index >= 15 is 4.39 Å². The second kappa shape index (κ2) is 11.3. The maximum absolute atomic E-state index is 16.0. The number of pyridine rings is 1. The maximum Gasteiger partial charge on any atom is 0.256 e. The van der Waals surface area contributed by atoms with Gasteiger partial charge >= 0.3 is 0 Å². The summed E-state index contributed by atoms with van der Waals surface area (Å²) in [6, 6.07) is 8.57. The van der Waals surface area contributed by atoms with Gasteiger partial charge < -0.3 is 24.4 Å². The second-order valence-corrected chi connectivity index (χ2v) is 12.3. The molecule has 0 unspecified atom stereocenters. The number of benzene rings is 2. The van der Waals surface area contributed by atoms with Crippen molar-refractivity contribution < 1.29 is 13.9 Å². The van der Waals surface area contributed by atoms with E-state index in [0.717, 1.165) is 52.1 Å². The maximum atomic E-state index is 16.0. The summed E-state index contributed by atoms with van der Waals surface area (Å²) in [6.07, 6.45) is 3.88. The van der Waals surface area contributed by atoms with E-state index in [4.69, 9.17) is 16.3 Å². The molecule has 0 radical (unpaired) electrons. The van der Waals surface area contributed by atoms with Crippen molar-refractivity contribution in [2.24, 2.45) is 0 Å². The number of fused-ring (bicyclic) bond motifs is 2. The number of likely N-dealkylation sites (tertiary alicyclic amines) is 1. The standard InChI is InChI=1S/C31H31ClFN5O3S/c32-21-3-4-25-26(15-21)41-30-27-22(29(39)23(18-38(25)27)31(40)34-6-9-35-7-1-2-8-35)16-24(33)28(30)37-12-10-36(11-13-37)17-20-5-14-42-19-20/h3-5,14-16,18-19H,1-2,6-13,17H2,(H,34,40). The molecule has 218 valence electrons. The van der Waals surface area contributed by atoms with Crippen LogP contribution in [0.5, 0.6) is 11.5 Å². The van der Waals surface area contributed by atoms with Gasteiger partial charge in [-0.1, -0.05) is 11.6 Å². The SMILES string of the molecule is O=C(NCCN1CCCC1)c1cn2c3c(c(N4CCN(Cc5ccsc5)CC4)c(F)cc3c1=O)Oc1cc(Cl)ccc1-2. The molecule has 2 fully saturated rings. The summed E-state index contributed by atoms with van der Waals surface area (Å²) < 4.78 is 24.1. The van der Waals surface area contributed by atoms with Crippen molar-refractivity contribution in [1.29, 1.82) is 0 Å². The zero-order valence-electron chi connectivity index (χ0n) is 23.1. The van der Waals surface area contributed by atoms with E-state index in [0.29, 0.717) is 47.3 Å². The number of nitrogens with zero attached hydrogens (tertiary/aromatic N) is 4. The molecule has 0 atom stereocenters. The molecule has 2 aromatic carbocycles. The van der Waals surface area contributed by atoms with Crippen molar-refractivity contribution in [2.45, 2.75) is 19.4 Å². The van der Waals surface area contributed by atoms with Gasteiger partial charge in [0.1, 0.15) is 16.8 Å². The molecule has 2 saturated heterocycles. The van der Waals surface area contributed by atoms with Crippen LogP contribution in [0.15, 0.2) is 52.1 Å². The monoisotopic (exact) mass is 607 g/mol. The summed E-state index contributed by atoms with van der Waals surface area (Å²) >= 11 is 8.00. The number of aromatic nitrogens is 1. The molecule has 1 amide bonds. The van der Waals surface area contributed by atoms with Crippen LogP contribution in [0.25, 0.3) is 16.6 Å². The summed E-state index contributed by atoms with van der Waals surface area (Å²) in [5, 5.41) is 7.69. The summed E-state index contributed by atoms with van der Waals surface area (Å²) in [4.78, 5) is 33.6. The van der Waals surface area contributed by atoms with E-state index in [1.165, 1.54) is 11.6 Å². The third-order valence-corrected chi connectivity index (χ3v) is 9.36. The molecule has 3 aliphatic rings. The Labute approximate surface area is 251 Å². The number of carbonyl (C=O) groups excluding carboxylic acids is 1. The Kier molecular flexibility index (Phi) is 7.39. The highest BCUT2D eigenvalue weighted by Gasteiger charge is 2.32. The van der Waals surface area contributed by atoms with Gasteiger partial charge in [-0.25, -0.2) is 4.39 Å². The predicted molar refractivity (Wildman–Crippen MR) is 164 cm³/mol. The molecule has 1 N–H and O–H groups in total. The Bertz CT molecular complexity index is 1710. The highest BCUT2D eigenvalue weighted by atomic mass is 35.5. The molecule has 2 aromatic heterocycles. The predicted octanol–water partition coefficient (Wildman–Crippen LogP) is 5.10. The first-order valence-corrected chi connectivity index (χ1v) is 15.7. The minimum absolute atomic E-state index is 0.0353. The van der Waals surface area contributed by atoms with Gasteiger partial charge in [-0.3, -0.25) is 14.5 Å². The number of nitrogens with one attached hydrogen (secondary N) is 1. The zero-order chi connectivity index (χ0) is 28.8. The highest BCUT2D eigenvalue weighted by molar-refractivity contribution is 7.07. The minimum Gasteiger partial charge on any atom is -0.451 e. The average Bonchev–Trinajstić information content (AvgIpc) is 3.70. The molecule has 0 aliphatic carbocycles. The average molecular weight is 608 g/mol. The van der Waals surface area contributed by atoms with Crippen LogP contribution in [0, 0.1) is 5.82 Å². The van der Waals surface area contributed by atoms with Crippen LogP contribution in [0.2, 0.25) is 5.02 Å². The van der Waals surface area contributed by atoms with Gasteiger partial charge in [0, 0.05) is 63.1 Å². The molecule has 4 aromatic rings. The minimum atomic E-state index is -0.551. The van der Waals surface area contributed by atoms with E-state index in [-0.39, 0.29) is 16.7 Å². The van der Waals surface area contributed by atoms with Crippen LogP contribution in [-0.4, -0.2) is 72.6 Å². The Morgan fingerprint density at radius 3 is 2.62 bits per heavy atom. The molecule has 42 heavy (non-hydrogen) atoms. The Hall–Kier alpha value is -3.44. The first kappa shape index (κ1) is 27.4. The van der Waals surface area contributed by atoms with Gasteiger partial charge in [0.2, 0.25) is 5.43 Å². The summed E-state index contributed by atoms with van der Waals surface area (Å²) in [6.45, 7) is 6.79. The molecular weight excluding hydrogens is 577 g/mol. The van der Waals surface area contributed by atoms with Crippen molar-refractivity contribution >= 4 is 45.4 Å². The van der Waals surface area contributed by atoms with Crippen LogP contribution in [0.4, 0.5) is 10.1 Å². The van der Waals surface area contributed by atoms with Crippen LogP contribution in [-0.2, 0) is 6.54 Å². The van der Waals surface area contributed by atoms with E-state index in [1.807, 2.05) is 4.90 Å². The van der Waals surface area contributed by atoms with E-state index in [2.05, 4.69) is 31.9 Å². The van der Waals surface area contributed by atoms with Crippen molar-refractivity contribution in [3.05, 3.63) is 79.5 Å². The number of hydrogen-bond donors (Lipinski definition) is 1. The molecule has 8 nitrogen and oxygen atoms in total. The lowest BCUT2D eigenvalue weighted by Crippen LogP contribution is -2.46. The number of amides is 1. The Morgan fingerprint density at radius 2 is 1.86 bits per heavy atom. The van der Waals surface area contributed by atoms with Gasteiger partial charge in [0.15, 0.2) is 17.3 Å². The molecule has 7 rings (SSSR count). The van der Waals surface area contributed by atoms with Crippen molar-refractivity contribution in [3.8, 4) is 17.2 Å². The fourth-order valence-electron chi connectivity index (χ4n) is 6.24. The molecular formula is C31H31ClFN5O3S. The molecule has 5 heterocycles. The molecule has 3 aliphatic heterocycles. The number of thiophene rings is 1. The van der Waals surface area contributed by atoms with Crippen LogP contribution in [0.3, 0.4) is 0 Å². The number of halogens is 2. The lowest BCUT2D eigenvalue weighted by atomic mass is 10.0. The number of ether oxygens (including phenoxy) is 1. The molecule has 0 spiro atoms. The lowest BCUT2D eigenvalue weighted by molar-refractivity contribution is 0.0948. The largest absolute Gasteiger partial charge is 0.451 e. The Balaban J connectivity index is 1.25. The second-order valence-electron chi connectivity index (χ2n) is 11.1. The topological polar surface area (TPSA) is 70.1 Å². The third kappa shape index (κ3) is 5.06.